The van der Waals surface area contributed by atoms with E-state index in [1.807, 2.05) is 12.1 Å². The quantitative estimate of drug-likeness (QED) is 0.127. The van der Waals surface area contributed by atoms with Crippen LogP contribution < -0.4 is 10.9 Å². The number of aromatic nitrogens is 1. The lowest BCUT2D eigenvalue weighted by molar-refractivity contribution is -0.137. The summed E-state index contributed by atoms with van der Waals surface area (Å²) in [5.41, 5.74) is -0.987. The van der Waals surface area contributed by atoms with Crippen molar-refractivity contribution in [1.29, 1.82) is 0 Å². The van der Waals surface area contributed by atoms with Crippen LogP contribution in [0.5, 0.6) is 5.75 Å². The summed E-state index contributed by atoms with van der Waals surface area (Å²) in [4.78, 5) is 15.7. The molecule has 2 aromatic carbocycles. The van der Waals surface area contributed by atoms with Crippen molar-refractivity contribution in [2.45, 2.75) is 36.4 Å². The minimum Gasteiger partial charge on any atom is -0.507 e. The third-order valence-electron chi connectivity index (χ3n) is 5.96. The molecule has 202 valence electrons. The maximum absolute atomic E-state index is 13.5. The van der Waals surface area contributed by atoms with Crippen molar-refractivity contribution in [2.75, 3.05) is 18.8 Å². The van der Waals surface area contributed by atoms with Crippen molar-refractivity contribution in [3.8, 4) is 16.9 Å². The van der Waals surface area contributed by atoms with Crippen molar-refractivity contribution in [3.05, 3.63) is 81.5 Å². The monoisotopic (exact) mass is 566 g/mol. The number of aliphatic hydroxyl groups is 1. The molecule has 6 nitrogen and oxygen atoms in total. The van der Waals surface area contributed by atoms with Crippen LogP contribution in [0.1, 0.15) is 24.2 Å². The summed E-state index contributed by atoms with van der Waals surface area (Å²) in [7, 11) is 0. The smallest absolute Gasteiger partial charge is 0.416 e. The van der Waals surface area contributed by atoms with Crippen LogP contribution in [0.15, 0.2) is 68.9 Å². The number of thioether (sulfide) groups is 1. The van der Waals surface area contributed by atoms with Crippen molar-refractivity contribution >= 4 is 34.3 Å². The molecule has 2 aromatic heterocycles. The van der Waals surface area contributed by atoms with E-state index in [9.17, 15) is 28.2 Å². The first-order valence-corrected chi connectivity index (χ1v) is 13.3. The van der Waals surface area contributed by atoms with Gasteiger partial charge in [0.05, 0.1) is 22.8 Å². The minimum atomic E-state index is -4.60. The standard InChI is InChI=1S/C27H26ClF3N2O4S/c28-17-6-8-23(35)21(14-17)24-20-13-16(27(29,30)31)5-7-22(20)33-26(36)25(24)38-15-18(34)3-1-10-32-11-9-19-4-2-12-37-19/h2,4-8,12-14,18,32,34-35H,1,3,9-11,15H2,(H,33,36). The van der Waals surface area contributed by atoms with Gasteiger partial charge in [0.15, 0.2) is 0 Å². The van der Waals surface area contributed by atoms with Gasteiger partial charge in [-0.1, -0.05) is 11.6 Å². The lowest BCUT2D eigenvalue weighted by Crippen LogP contribution is -2.21. The molecule has 2 heterocycles. The first-order chi connectivity index (χ1) is 18.1. The topological polar surface area (TPSA) is 98.5 Å². The lowest BCUT2D eigenvalue weighted by atomic mass is 9.98. The Bertz CT molecular complexity index is 1440. The predicted molar refractivity (Wildman–Crippen MR) is 143 cm³/mol. The fourth-order valence-corrected chi connectivity index (χ4v) is 5.33. The van der Waals surface area contributed by atoms with Gasteiger partial charge in [0.25, 0.3) is 5.56 Å². The molecular formula is C27H26ClF3N2O4S. The fraction of sp³-hybridized carbons (Fsp3) is 0.296. The maximum Gasteiger partial charge on any atom is 0.416 e. The van der Waals surface area contributed by atoms with Gasteiger partial charge in [0, 0.05) is 45.8 Å². The number of alkyl halides is 3. The van der Waals surface area contributed by atoms with Gasteiger partial charge < -0.3 is 24.9 Å². The number of fused-ring (bicyclic) bond motifs is 1. The fourth-order valence-electron chi connectivity index (χ4n) is 4.08. The average Bonchev–Trinajstić information content (AvgIpc) is 3.39. The zero-order valence-electron chi connectivity index (χ0n) is 20.1. The highest BCUT2D eigenvalue weighted by Crippen LogP contribution is 2.42. The van der Waals surface area contributed by atoms with Crippen LogP contribution in [0.4, 0.5) is 13.2 Å². The molecule has 4 rings (SSSR count). The Hall–Kier alpha value is -2.92. The number of aromatic hydroxyl groups is 1. The summed E-state index contributed by atoms with van der Waals surface area (Å²) in [6.07, 6.45) is -1.84. The summed E-state index contributed by atoms with van der Waals surface area (Å²) in [5, 5.41) is 24.7. The van der Waals surface area contributed by atoms with Crippen LogP contribution in [0.3, 0.4) is 0 Å². The molecule has 4 aromatic rings. The number of hydrogen-bond acceptors (Lipinski definition) is 6. The Morgan fingerprint density at radius 3 is 2.68 bits per heavy atom. The van der Waals surface area contributed by atoms with Crippen molar-refractivity contribution in [3.63, 3.8) is 0 Å². The number of nitrogens with one attached hydrogen (secondary N) is 2. The van der Waals surface area contributed by atoms with E-state index in [-0.39, 0.29) is 43.5 Å². The van der Waals surface area contributed by atoms with E-state index < -0.39 is 23.4 Å². The van der Waals surface area contributed by atoms with Crippen LogP contribution in [-0.4, -0.2) is 40.1 Å². The van der Waals surface area contributed by atoms with Crippen molar-refractivity contribution < 1.29 is 27.8 Å². The molecule has 1 atom stereocenters. The summed E-state index contributed by atoms with van der Waals surface area (Å²) in [5.74, 6) is 0.786. The Labute approximate surface area is 225 Å². The van der Waals surface area contributed by atoms with E-state index in [4.69, 9.17) is 16.0 Å². The number of phenols is 1. The zero-order valence-corrected chi connectivity index (χ0v) is 21.7. The van der Waals surface area contributed by atoms with E-state index >= 15 is 0 Å². The van der Waals surface area contributed by atoms with Crippen LogP contribution in [0, 0.1) is 0 Å². The highest BCUT2D eigenvalue weighted by atomic mass is 35.5. The molecule has 0 aliphatic rings. The maximum atomic E-state index is 13.5. The third kappa shape index (κ3) is 6.93. The molecule has 1 unspecified atom stereocenters. The van der Waals surface area contributed by atoms with E-state index in [2.05, 4.69) is 10.3 Å². The number of aliphatic hydroxyl groups excluding tert-OH is 1. The lowest BCUT2D eigenvalue weighted by Gasteiger charge is -2.17. The first kappa shape index (κ1) is 28.1. The Kier molecular flexibility index (Phi) is 9.09. The number of phenolic OH excluding ortho intramolecular Hbond substituents is 1. The molecule has 0 spiro atoms. The van der Waals surface area contributed by atoms with Gasteiger partial charge >= 0.3 is 6.18 Å². The summed E-state index contributed by atoms with van der Waals surface area (Å²) >= 11 is 7.15. The molecule has 0 aliphatic heterocycles. The van der Waals surface area contributed by atoms with Crippen molar-refractivity contribution in [2.24, 2.45) is 0 Å². The summed E-state index contributed by atoms with van der Waals surface area (Å²) < 4.78 is 45.8. The van der Waals surface area contributed by atoms with Crippen LogP contribution in [0.2, 0.25) is 5.02 Å². The van der Waals surface area contributed by atoms with E-state index in [0.717, 1.165) is 42.6 Å². The normalized spacial score (nSPS) is 12.8. The second-order valence-electron chi connectivity index (χ2n) is 8.76. The van der Waals surface area contributed by atoms with E-state index in [1.54, 1.807) is 6.26 Å². The predicted octanol–water partition coefficient (Wildman–Crippen LogP) is 6.23. The second kappa shape index (κ2) is 12.3. The van der Waals surface area contributed by atoms with Gasteiger partial charge in [-0.15, -0.1) is 11.8 Å². The van der Waals surface area contributed by atoms with Gasteiger partial charge in [0.2, 0.25) is 0 Å². The molecule has 0 saturated heterocycles. The zero-order chi connectivity index (χ0) is 27.3. The van der Waals surface area contributed by atoms with Gasteiger partial charge in [0.1, 0.15) is 11.5 Å². The molecule has 0 bridgehead atoms. The SMILES string of the molecule is O=c1[nH]c2ccc(C(F)(F)F)cc2c(-c2cc(Cl)ccc2O)c1SCC(O)CCCNCCc1ccco1. The molecule has 0 radical (unpaired) electrons. The number of pyridine rings is 1. The number of rotatable bonds is 11. The number of H-pyrrole nitrogens is 1. The Balaban J connectivity index is 1.53. The highest BCUT2D eigenvalue weighted by Gasteiger charge is 2.31. The Morgan fingerprint density at radius 2 is 1.95 bits per heavy atom. The second-order valence-corrected chi connectivity index (χ2v) is 10.2. The molecule has 0 aliphatic carbocycles. The molecule has 11 heteroatoms. The molecule has 0 amide bonds. The largest absolute Gasteiger partial charge is 0.507 e. The van der Waals surface area contributed by atoms with Gasteiger partial charge in [-0.25, -0.2) is 0 Å². The molecule has 0 saturated carbocycles. The minimum absolute atomic E-state index is 0.0880. The molecule has 4 N–H and O–H groups in total. The number of furan rings is 1. The molecule has 38 heavy (non-hydrogen) atoms. The van der Waals surface area contributed by atoms with E-state index in [1.165, 1.54) is 24.3 Å². The number of halogens is 4. The third-order valence-corrected chi connectivity index (χ3v) is 7.43. The number of aromatic amines is 1. The highest BCUT2D eigenvalue weighted by molar-refractivity contribution is 7.99. The van der Waals surface area contributed by atoms with Crippen LogP contribution in [0.25, 0.3) is 22.0 Å². The number of hydrogen-bond donors (Lipinski definition) is 4. The van der Waals surface area contributed by atoms with Crippen LogP contribution in [-0.2, 0) is 12.6 Å². The summed E-state index contributed by atoms with van der Waals surface area (Å²) in [6.45, 7) is 1.41. The average molecular weight is 567 g/mol. The van der Waals surface area contributed by atoms with Gasteiger partial charge in [-0.3, -0.25) is 4.79 Å². The molecular weight excluding hydrogens is 541 g/mol. The van der Waals surface area contributed by atoms with Gasteiger partial charge in [-0.05, 0) is 67.9 Å². The molecule has 0 fully saturated rings. The summed E-state index contributed by atoms with van der Waals surface area (Å²) in [6, 6.07) is 10.9. The van der Waals surface area contributed by atoms with Crippen molar-refractivity contribution in [1.82, 2.24) is 10.3 Å². The van der Waals surface area contributed by atoms with Crippen LogP contribution >= 0.6 is 23.4 Å². The number of benzene rings is 2. The first-order valence-electron chi connectivity index (χ1n) is 11.9. The van der Waals surface area contributed by atoms with E-state index in [0.29, 0.717) is 19.4 Å². The Morgan fingerprint density at radius 1 is 1.13 bits per heavy atom. The van der Waals surface area contributed by atoms with Gasteiger partial charge in [-0.2, -0.15) is 13.2 Å².